The smallest absolute Gasteiger partial charge is 0.408 e. The van der Waals surface area contributed by atoms with Crippen molar-refractivity contribution in [3.8, 4) is 5.75 Å². The van der Waals surface area contributed by atoms with E-state index in [-0.39, 0.29) is 12.3 Å². The second-order valence-electron chi connectivity index (χ2n) is 8.30. The highest BCUT2D eigenvalue weighted by atomic mass is 16.6. The average molecular weight is 453 g/mol. The second-order valence-corrected chi connectivity index (χ2v) is 8.30. The minimum absolute atomic E-state index is 0.142. The molecule has 3 atom stereocenters. The lowest BCUT2D eigenvalue weighted by molar-refractivity contribution is -0.161. The van der Waals surface area contributed by atoms with E-state index in [1.54, 1.807) is 45.0 Å². The molecular formula is C22H32N2O8. The van der Waals surface area contributed by atoms with Crippen LogP contribution in [0.25, 0.3) is 0 Å². The number of carbonyl (C=O) groups is 4. The molecule has 0 heterocycles. The summed E-state index contributed by atoms with van der Waals surface area (Å²) in [7, 11) is 2.99. The Labute approximate surface area is 187 Å². The van der Waals surface area contributed by atoms with E-state index in [1.165, 1.54) is 32.9 Å². The highest BCUT2D eigenvalue weighted by molar-refractivity contribution is 5.85. The molecule has 0 unspecified atom stereocenters. The molecule has 0 saturated heterocycles. The van der Waals surface area contributed by atoms with Crippen LogP contribution in [-0.4, -0.2) is 71.9 Å². The highest BCUT2D eigenvalue weighted by Crippen LogP contribution is 2.16. The molecule has 2 amide bonds. The Kier molecular flexibility index (Phi) is 9.49. The topological polar surface area (TPSA) is 131 Å². The fourth-order valence-electron chi connectivity index (χ4n) is 2.73. The van der Waals surface area contributed by atoms with E-state index in [4.69, 9.17) is 14.2 Å². The average Bonchev–Trinajstić information content (AvgIpc) is 2.68. The quantitative estimate of drug-likeness (QED) is 0.544. The summed E-state index contributed by atoms with van der Waals surface area (Å²) in [5, 5.41) is 11.7. The Bertz CT molecular complexity index is 816. The van der Waals surface area contributed by atoms with Gasteiger partial charge in [-0.15, -0.1) is 0 Å². The van der Waals surface area contributed by atoms with Crippen LogP contribution in [0.5, 0.6) is 5.75 Å². The molecule has 0 radical (unpaired) electrons. The molecule has 0 fully saturated rings. The van der Waals surface area contributed by atoms with E-state index in [9.17, 15) is 24.3 Å². The van der Waals surface area contributed by atoms with Crippen LogP contribution in [0.1, 0.15) is 40.2 Å². The molecule has 0 aliphatic heterocycles. The van der Waals surface area contributed by atoms with Crippen molar-refractivity contribution >= 4 is 23.9 Å². The highest BCUT2D eigenvalue weighted by Gasteiger charge is 2.34. The number of carbonyl (C=O) groups excluding carboxylic acids is 3. The van der Waals surface area contributed by atoms with Gasteiger partial charge in [-0.2, -0.15) is 0 Å². The zero-order valence-corrected chi connectivity index (χ0v) is 19.5. The van der Waals surface area contributed by atoms with Gasteiger partial charge in [0.15, 0.2) is 6.04 Å². The summed E-state index contributed by atoms with van der Waals surface area (Å²) in [4.78, 5) is 49.7. The lowest BCUT2D eigenvalue weighted by Gasteiger charge is -2.29. The molecule has 0 aliphatic carbocycles. The SMILES string of the molecule is COc1ccc(C[C@@H](C(=O)O[C@H](C)[C@H](NC(=O)OC(C)(C)C)C(=O)O)N(C)C(C)=O)cc1. The predicted molar refractivity (Wildman–Crippen MR) is 115 cm³/mol. The van der Waals surface area contributed by atoms with Gasteiger partial charge in [0.05, 0.1) is 7.11 Å². The molecule has 32 heavy (non-hydrogen) atoms. The number of carboxylic acid groups (broad SMARTS) is 1. The van der Waals surface area contributed by atoms with Gasteiger partial charge in [0.1, 0.15) is 23.5 Å². The number of hydrogen-bond acceptors (Lipinski definition) is 7. The van der Waals surface area contributed by atoms with Crippen LogP contribution in [0.4, 0.5) is 4.79 Å². The third-order valence-electron chi connectivity index (χ3n) is 4.53. The van der Waals surface area contributed by atoms with Crippen molar-refractivity contribution in [2.24, 2.45) is 0 Å². The first-order valence-electron chi connectivity index (χ1n) is 10.0. The minimum atomic E-state index is -1.54. The van der Waals surface area contributed by atoms with E-state index < -0.39 is 41.8 Å². The molecule has 0 bridgehead atoms. The van der Waals surface area contributed by atoms with Gasteiger partial charge in [-0.25, -0.2) is 14.4 Å². The number of benzene rings is 1. The number of esters is 1. The molecule has 10 nitrogen and oxygen atoms in total. The Hall–Kier alpha value is -3.30. The maximum Gasteiger partial charge on any atom is 0.408 e. The molecule has 0 aromatic heterocycles. The van der Waals surface area contributed by atoms with E-state index in [2.05, 4.69) is 5.32 Å². The summed E-state index contributed by atoms with van der Waals surface area (Å²) in [6, 6.07) is 4.40. The van der Waals surface area contributed by atoms with Gasteiger partial charge in [-0.05, 0) is 45.4 Å². The summed E-state index contributed by atoms with van der Waals surface area (Å²) in [6.07, 6.45) is -2.04. The Morgan fingerprint density at radius 3 is 2.12 bits per heavy atom. The molecule has 1 aromatic rings. The van der Waals surface area contributed by atoms with Gasteiger partial charge < -0.3 is 29.5 Å². The van der Waals surface area contributed by atoms with Crippen molar-refractivity contribution in [1.82, 2.24) is 10.2 Å². The first-order chi connectivity index (χ1) is 14.7. The molecule has 0 saturated carbocycles. The van der Waals surface area contributed by atoms with Gasteiger partial charge in [0, 0.05) is 20.4 Å². The van der Waals surface area contributed by atoms with Gasteiger partial charge in [-0.1, -0.05) is 12.1 Å². The number of ether oxygens (including phenoxy) is 3. The number of nitrogens with zero attached hydrogens (tertiary/aromatic N) is 1. The predicted octanol–water partition coefficient (Wildman–Crippen LogP) is 1.99. The molecule has 178 valence electrons. The number of rotatable bonds is 9. The van der Waals surface area contributed by atoms with Gasteiger partial charge in [0.25, 0.3) is 0 Å². The first kappa shape index (κ1) is 26.7. The molecule has 1 aromatic carbocycles. The fourth-order valence-corrected chi connectivity index (χ4v) is 2.73. The summed E-state index contributed by atoms with van der Waals surface area (Å²) < 4.78 is 15.5. The van der Waals surface area contributed by atoms with Crippen molar-refractivity contribution in [1.29, 1.82) is 0 Å². The minimum Gasteiger partial charge on any atom is -0.497 e. The van der Waals surface area contributed by atoms with E-state index >= 15 is 0 Å². The second kappa shape index (κ2) is 11.4. The van der Waals surface area contributed by atoms with E-state index in [0.717, 1.165) is 5.56 Å². The number of carboxylic acids is 1. The number of amides is 2. The first-order valence-corrected chi connectivity index (χ1v) is 10.0. The molecule has 2 N–H and O–H groups in total. The van der Waals surface area contributed by atoms with Gasteiger partial charge in [0.2, 0.25) is 5.91 Å². The van der Waals surface area contributed by atoms with E-state index in [0.29, 0.717) is 5.75 Å². The van der Waals surface area contributed by atoms with Gasteiger partial charge >= 0.3 is 18.0 Å². The van der Waals surface area contributed by atoms with Crippen LogP contribution < -0.4 is 10.1 Å². The van der Waals surface area contributed by atoms with Crippen LogP contribution in [0.2, 0.25) is 0 Å². The van der Waals surface area contributed by atoms with Crippen molar-refractivity contribution < 1.29 is 38.5 Å². The number of aliphatic carboxylic acids is 1. The monoisotopic (exact) mass is 452 g/mol. The zero-order chi connectivity index (χ0) is 24.6. The van der Waals surface area contributed by atoms with Crippen LogP contribution in [0.3, 0.4) is 0 Å². The molecule has 1 rings (SSSR count). The van der Waals surface area contributed by atoms with Crippen molar-refractivity contribution in [2.45, 2.75) is 64.8 Å². The summed E-state index contributed by atoms with van der Waals surface area (Å²) >= 11 is 0. The third-order valence-corrected chi connectivity index (χ3v) is 4.53. The van der Waals surface area contributed by atoms with Crippen LogP contribution in [0, 0.1) is 0 Å². The van der Waals surface area contributed by atoms with Crippen molar-refractivity contribution in [2.75, 3.05) is 14.2 Å². The standard InChI is InChI=1S/C22H32N2O8/c1-13(18(19(26)27)23-21(29)32-22(3,4)5)31-20(28)17(24(6)14(2)25)12-15-8-10-16(30-7)11-9-15/h8-11,13,17-18H,12H2,1-7H3,(H,23,29)(H,26,27)/t13-,17+,18+/m1/s1. The number of likely N-dealkylation sites (N-methyl/N-ethyl adjacent to an activating group) is 1. The van der Waals surface area contributed by atoms with E-state index in [1.807, 2.05) is 0 Å². The Morgan fingerprint density at radius 1 is 1.12 bits per heavy atom. The largest absolute Gasteiger partial charge is 0.497 e. The zero-order valence-electron chi connectivity index (χ0n) is 19.5. The lowest BCUT2D eigenvalue weighted by Crippen LogP contribution is -2.52. The maximum atomic E-state index is 12.9. The van der Waals surface area contributed by atoms with Crippen LogP contribution in [0.15, 0.2) is 24.3 Å². The number of hydrogen-bond donors (Lipinski definition) is 2. The maximum absolute atomic E-state index is 12.9. The Balaban J connectivity index is 2.98. The number of alkyl carbamates (subject to hydrolysis) is 1. The lowest BCUT2D eigenvalue weighted by atomic mass is 10.0. The summed E-state index contributed by atoms with van der Waals surface area (Å²) in [5.41, 5.74) is -0.0871. The Morgan fingerprint density at radius 2 is 1.69 bits per heavy atom. The summed E-state index contributed by atoms with van der Waals surface area (Å²) in [5.74, 6) is -1.93. The molecule has 0 spiro atoms. The molecular weight excluding hydrogens is 420 g/mol. The molecule has 10 heteroatoms. The van der Waals surface area contributed by atoms with Crippen LogP contribution in [-0.2, 0) is 30.3 Å². The number of methoxy groups -OCH3 is 1. The third kappa shape index (κ3) is 8.44. The van der Waals surface area contributed by atoms with Crippen LogP contribution >= 0.6 is 0 Å². The summed E-state index contributed by atoms with van der Waals surface area (Å²) in [6.45, 7) is 7.54. The van der Waals surface area contributed by atoms with Gasteiger partial charge in [-0.3, -0.25) is 4.79 Å². The number of nitrogens with one attached hydrogen (secondary N) is 1. The normalized spacial score (nSPS) is 13.8. The van der Waals surface area contributed by atoms with Crippen molar-refractivity contribution in [3.05, 3.63) is 29.8 Å². The van der Waals surface area contributed by atoms with Crippen molar-refractivity contribution in [3.63, 3.8) is 0 Å². The molecule has 0 aliphatic rings. The fraction of sp³-hybridized carbons (Fsp3) is 0.545.